The fourth-order valence-electron chi connectivity index (χ4n) is 2.27. The first-order chi connectivity index (χ1) is 8.83. The van der Waals surface area contributed by atoms with Gasteiger partial charge in [-0.15, -0.1) is 12.4 Å². The van der Waals surface area contributed by atoms with Gasteiger partial charge in [-0.05, 0) is 12.8 Å². The Bertz CT molecular complexity index is 302. The predicted molar refractivity (Wildman–Crippen MR) is 73.8 cm³/mol. The average Bonchev–Trinajstić information content (AvgIpc) is 2.52. The molecule has 20 heavy (non-hydrogen) atoms. The molecule has 0 aliphatic carbocycles. The van der Waals surface area contributed by atoms with E-state index >= 15 is 0 Å². The van der Waals surface area contributed by atoms with Gasteiger partial charge in [0.2, 0.25) is 5.91 Å². The van der Waals surface area contributed by atoms with E-state index in [-0.39, 0.29) is 24.9 Å². The Labute approximate surface area is 123 Å². The van der Waals surface area contributed by atoms with Crippen LogP contribution in [0.25, 0.3) is 0 Å². The van der Waals surface area contributed by atoms with Crippen LogP contribution in [0.4, 0.5) is 13.2 Å². The maximum atomic E-state index is 12.3. The fraction of sp³-hybridized carbons (Fsp3) is 0.917. The Morgan fingerprint density at radius 1 is 1.25 bits per heavy atom. The third-order valence-corrected chi connectivity index (χ3v) is 3.22. The first-order valence-corrected chi connectivity index (χ1v) is 6.67. The van der Waals surface area contributed by atoms with Crippen molar-refractivity contribution in [2.75, 3.05) is 32.7 Å². The summed E-state index contributed by atoms with van der Waals surface area (Å²) in [5.74, 6) is -0.143. The highest BCUT2D eigenvalue weighted by Gasteiger charge is 2.32. The Hall–Kier alpha value is -0.530. The lowest BCUT2D eigenvalue weighted by atomic mass is 10.1. The van der Waals surface area contributed by atoms with Crippen LogP contribution in [0.3, 0.4) is 0 Å². The zero-order valence-electron chi connectivity index (χ0n) is 11.7. The van der Waals surface area contributed by atoms with E-state index in [9.17, 15) is 18.0 Å². The van der Waals surface area contributed by atoms with Crippen LogP contribution in [-0.2, 0) is 4.79 Å². The number of alkyl halides is 3. The molecule has 0 spiro atoms. The fourth-order valence-corrected chi connectivity index (χ4v) is 2.27. The van der Waals surface area contributed by atoms with Crippen LogP contribution >= 0.6 is 12.4 Å². The standard InChI is InChI=1S/C12H22F3N3O.ClH/c1-2-4-10(16)11(19)18-6-3-5-17(7-8-18)9-12(13,14)15;/h10H,2-9,16H2,1H3;1H. The lowest BCUT2D eigenvalue weighted by Crippen LogP contribution is -2.45. The van der Waals surface area contributed by atoms with Gasteiger partial charge in [0.1, 0.15) is 0 Å². The summed E-state index contributed by atoms with van der Waals surface area (Å²) >= 11 is 0. The van der Waals surface area contributed by atoms with E-state index in [1.807, 2.05) is 6.92 Å². The van der Waals surface area contributed by atoms with Gasteiger partial charge in [0.25, 0.3) is 0 Å². The molecule has 0 aromatic heterocycles. The van der Waals surface area contributed by atoms with E-state index in [2.05, 4.69) is 0 Å². The van der Waals surface area contributed by atoms with E-state index < -0.39 is 18.8 Å². The van der Waals surface area contributed by atoms with Crippen molar-refractivity contribution in [1.82, 2.24) is 9.80 Å². The number of rotatable bonds is 4. The van der Waals surface area contributed by atoms with Gasteiger partial charge in [-0.2, -0.15) is 13.2 Å². The first kappa shape index (κ1) is 19.5. The highest BCUT2D eigenvalue weighted by Crippen LogP contribution is 2.17. The third-order valence-electron chi connectivity index (χ3n) is 3.22. The number of carbonyl (C=O) groups excluding carboxylic acids is 1. The van der Waals surface area contributed by atoms with Crippen LogP contribution in [0.5, 0.6) is 0 Å². The van der Waals surface area contributed by atoms with Crippen molar-refractivity contribution in [2.45, 2.75) is 38.4 Å². The van der Waals surface area contributed by atoms with Crippen molar-refractivity contribution in [3.05, 3.63) is 0 Å². The number of halogens is 4. The summed E-state index contributed by atoms with van der Waals surface area (Å²) in [6.07, 6.45) is -2.19. The Kier molecular flexibility index (Phi) is 8.46. The molecule has 1 saturated heterocycles. The van der Waals surface area contributed by atoms with Crippen LogP contribution in [-0.4, -0.2) is 60.6 Å². The van der Waals surface area contributed by atoms with Crippen LogP contribution < -0.4 is 5.73 Å². The Balaban J connectivity index is 0.00000361. The van der Waals surface area contributed by atoms with E-state index in [0.717, 1.165) is 6.42 Å². The predicted octanol–water partition coefficient (Wildman–Crippen LogP) is 1.63. The molecule has 0 saturated carbocycles. The van der Waals surface area contributed by atoms with Gasteiger partial charge in [-0.3, -0.25) is 9.69 Å². The second-order valence-corrected chi connectivity index (χ2v) is 4.97. The van der Waals surface area contributed by atoms with Crippen molar-refractivity contribution in [1.29, 1.82) is 0 Å². The number of amides is 1. The van der Waals surface area contributed by atoms with Crippen LogP contribution in [0.2, 0.25) is 0 Å². The molecule has 8 heteroatoms. The van der Waals surface area contributed by atoms with E-state index in [1.165, 1.54) is 4.90 Å². The summed E-state index contributed by atoms with van der Waals surface area (Å²) in [5, 5.41) is 0. The first-order valence-electron chi connectivity index (χ1n) is 6.67. The van der Waals surface area contributed by atoms with E-state index in [1.54, 1.807) is 4.90 Å². The summed E-state index contributed by atoms with van der Waals surface area (Å²) in [6.45, 7) is 2.48. The van der Waals surface area contributed by atoms with Gasteiger partial charge >= 0.3 is 6.18 Å². The van der Waals surface area contributed by atoms with Crippen molar-refractivity contribution in [3.8, 4) is 0 Å². The lowest BCUT2D eigenvalue weighted by Gasteiger charge is -2.24. The molecule has 1 heterocycles. The molecule has 0 radical (unpaired) electrons. The van der Waals surface area contributed by atoms with Crippen molar-refractivity contribution < 1.29 is 18.0 Å². The monoisotopic (exact) mass is 317 g/mol. The molecule has 2 N–H and O–H groups in total. The summed E-state index contributed by atoms with van der Waals surface area (Å²) < 4.78 is 36.9. The summed E-state index contributed by atoms with van der Waals surface area (Å²) in [4.78, 5) is 14.9. The zero-order valence-corrected chi connectivity index (χ0v) is 12.5. The normalized spacial score (nSPS) is 19.1. The number of hydrogen-bond acceptors (Lipinski definition) is 3. The molecule has 1 amide bonds. The molecule has 1 unspecified atom stereocenters. The number of hydrogen-bond donors (Lipinski definition) is 1. The van der Waals surface area contributed by atoms with Gasteiger partial charge in [-0.25, -0.2) is 0 Å². The van der Waals surface area contributed by atoms with Crippen molar-refractivity contribution >= 4 is 18.3 Å². The van der Waals surface area contributed by atoms with E-state index in [4.69, 9.17) is 5.73 Å². The van der Waals surface area contributed by atoms with Gasteiger partial charge in [0.15, 0.2) is 0 Å². The van der Waals surface area contributed by atoms with E-state index in [0.29, 0.717) is 32.5 Å². The van der Waals surface area contributed by atoms with Gasteiger partial charge in [0.05, 0.1) is 12.6 Å². The highest BCUT2D eigenvalue weighted by molar-refractivity contribution is 5.85. The summed E-state index contributed by atoms with van der Waals surface area (Å²) in [7, 11) is 0. The van der Waals surface area contributed by atoms with Gasteiger partial charge in [0, 0.05) is 26.2 Å². The third kappa shape index (κ3) is 6.76. The molecule has 1 atom stereocenters. The summed E-state index contributed by atoms with van der Waals surface area (Å²) in [6, 6.07) is -0.529. The molecule has 0 aromatic carbocycles. The quantitative estimate of drug-likeness (QED) is 0.857. The SMILES string of the molecule is CCCC(N)C(=O)N1CCCN(CC(F)(F)F)CC1.Cl. The number of carbonyl (C=O) groups is 1. The van der Waals surface area contributed by atoms with Gasteiger partial charge in [-0.1, -0.05) is 13.3 Å². The van der Waals surface area contributed by atoms with Gasteiger partial charge < -0.3 is 10.6 Å². The zero-order chi connectivity index (χ0) is 14.5. The molecule has 120 valence electrons. The highest BCUT2D eigenvalue weighted by atomic mass is 35.5. The maximum absolute atomic E-state index is 12.3. The molecule has 1 rings (SSSR count). The Morgan fingerprint density at radius 3 is 2.45 bits per heavy atom. The Morgan fingerprint density at radius 2 is 1.90 bits per heavy atom. The topological polar surface area (TPSA) is 49.6 Å². The average molecular weight is 318 g/mol. The minimum Gasteiger partial charge on any atom is -0.340 e. The second-order valence-electron chi connectivity index (χ2n) is 4.97. The smallest absolute Gasteiger partial charge is 0.340 e. The molecule has 1 aliphatic rings. The molecular formula is C12H23ClF3N3O. The molecular weight excluding hydrogens is 295 g/mol. The lowest BCUT2D eigenvalue weighted by molar-refractivity contribution is -0.145. The molecule has 4 nitrogen and oxygen atoms in total. The number of nitrogens with zero attached hydrogens (tertiary/aromatic N) is 2. The minimum atomic E-state index is -4.18. The molecule has 0 aromatic rings. The summed E-state index contributed by atoms with van der Waals surface area (Å²) in [5.41, 5.74) is 5.76. The van der Waals surface area contributed by atoms with Crippen LogP contribution in [0.1, 0.15) is 26.2 Å². The number of nitrogens with two attached hydrogens (primary N) is 1. The molecule has 0 bridgehead atoms. The molecule has 1 aliphatic heterocycles. The van der Waals surface area contributed by atoms with Crippen molar-refractivity contribution in [3.63, 3.8) is 0 Å². The second kappa shape index (κ2) is 8.69. The molecule has 1 fully saturated rings. The minimum absolute atomic E-state index is 0. The van der Waals surface area contributed by atoms with Crippen LogP contribution in [0, 0.1) is 0 Å². The van der Waals surface area contributed by atoms with Crippen LogP contribution in [0.15, 0.2) is 0 Å². The largest absolute Gasteiger partial charge is 0.401 e. The maximum Gasteiger partial charge on any atom is 0.401 e. The van der Waals surface area contributed by atoms with Crippen molar-refractivity contribution in [2.24, 2.45) is 5.73 Å².